The summed E-state index contributed by atoms with van der Waals surface area (Å²) in [6, 6.07) is 4.85. The van der Waals surface area contributed by atoms with Gasteiger partial charge in [0.2, 0.25) is 0 Å². The molecule has 0 spiro atoms. The summed E-state index contributed by atoms with van der Waals surface area (Å²) < 4.78 is 0. The van der Waals surface area contributed by atoms with Crippen LogP contribution in [0.4, 0.5) is 5.13 Å². The van der Waals surface area contributed by atoms with E-state index in [2.05, 4.69) is 33.2 Å². The van der Waals surface area contributed by atoms with Crippen molar-refractivity contribution in [3.05, 3.63) is 22.9 Å². The molecule has 1 saturated carbocycles. The number of nitrogens with one attached hydrogen (secondary N) is 1. The molecule has 0 unspecified atom stereocenters. The summed E-state index contributed by atoms with van der Waals surface area (Å²) in [6.45, 7) is 0. The summed E-state index contributed by atoms with van der Waals surface area (Å²) in [5.74, 6) is 0. The van der Waals surface area contributed by atoms with Crippen LogP contribution in [0.5, 0.6) is 0 Å². The van der Waals surface area contributed by atoms with Gasteiger partial charge in [-0.25, -0.2) is 4.98 Å². The van der Waals surface area contributed by atoms with Crippen LogP contribution >= 0.6 is 22.7 Å². The number of hydrogen-bond acceptors (Lipinski definition) is 4. The van der Waals surface area contributed by atoms with Gasteiger partial charge in [-0.1, -0.05) is 18.9 Å². The van der Waals surface area contributed by atoms with Gasteiger partial charge < -0.3 is 5.32 Å². The molecular weight excluding hydrogens is 236 g/mol. The van der Waals surface area contributed by atoms with Gasteiger partial charge in [-0.3, -0.25) is 0 Å². The lowest BCUT2D eigenvalue weighted by atomic mass is 10.3. The molecule has 84 valence electrons. The number of nitrogens with zero attached hydrogens (tertiary/aromatic N) is 1. The van der Waals surface area contributed by atoms with Gasteiger partial charge in [0, 0.05) is 11.4 Å². The Morgan fingerprint density at radius 3 is 2.88 bits per heavy atom. The molecule has 2 aromatic heterocycles. The van der Waals surface area contributed by atoms with Crippen LogP contribution < -0.4 is 5.32 Å². The van der Waals surface area contributed by atoms with Crippen LogP contribution in [0.3, 0.4) is 0 Å². The first-order chi connectivity index (χ1) is 7.92. The van der Waals surface area contributed by atoms with Crippen LogP contribution in [0.2, 0.25) is 0 Å². The molecule has 1 N–H and O–H groups in total. The van der Waals surface area contributed by atoms with Gasteiger partial charge in [-0.05, 0) is 24.3 Å². The fourth-order valence-electron chi connectivity index (χ4n) is 2.12. The first-order valence-electron chi connectivity index (χ1n) is 5.68. The van der Waals surface area contributed by atoms with Crippen molar-refractivity contribution in [1.82, 2.24) is 4.98 Å². The highest BCUT2D eigenvalue weighted by molar-refractivity contribution is 7.15. The minimum atomic E-state index is 0.655. The van der Waals surface area contributed by atoms with Crippen LogP contribution in [0.25, 0.3) is 10.6 Å². The molecular formula is C12H14N2S2. The fourth-order valence-corrected chi connectivity index (χ4v) is 3.67. The average Bonchev–Trinajstić information content (AvgIpc) is 2.99. The van der Waals surface area contributed by atoms with E-state index in [1.165, 1.54) is 30.6 Å². The van der Waals surface area contributed by atoms with E-state index in [-0.39, 0.29) is 0 Å². The van der Waals surface area contributed by atoms with Crippen molar-refractivity contribution in [2.75, 3.05) is 5.32 Å². The Kier molecular flexibility index (Phi) is 2.93. The molecule has 16 heavy (non-hydrogen) atoms. The minimum Gasteiger partial charge on any atom is -0.359 e. The zero-order valence-electron chi connectivity index (χ0n) is 8.98. The topological polar surface area (TPSA) is 24.9 Å². The van der Waals surface area contributed by atoms with Crippen LogP contribution in [-0.2, 0) is 0 Å². The van der Waals surface area contributed by atoms with Gasteiger partial charge in [0.05, 0.1) is 10.6 Å². The number of aromatic nitrogens is 1. The highest BCUT2D eigenvalue weighted by Gasteiger charge is 2.16. The maximum Gasteiger partial charge on any atom is 0.183 e. The Bertz CT molecular complexity index is 441. The van der Waals surface area contributed by atoms with Gasteiger partial charge in [-0.15, -0.1) is 22.7 Å². The molecule has 2 nitrogen and oxygen atoms in total. The molecule has 0 saturated heterocycles. The van der Waals surface area contributed by atoms with Crippen molar-refractivity contribution in [3.63, 3.8) is 0 Å². The predicted octanol–water partition coefficient (Wildman–Crippen LogP) is 4.23. The fraction of sp³-hybridized carbons (Fsp3) is 0.417. The maximum absolute atomic E-state index is 4.63. The van der Waals surface area contributed by atoms with Crippen LogP contribution in [0.15, 0.2) is 22.9 Å². The lowest BCUT2D eigenvalue weighted by molar-refractivity contribution is 0.754. The van der Waals surface area contributed by atoms with Gasteiger partial charge in [0.1, 0.15) is 0 Å². The normalized spacial score (nSPS) is 16.8. The van der Waals surface area contributed by atoms with E-state index in [1.807, 2.05) is 0 Å². The second-order valence-corrected chi connectivity index (χ2v) is 5.95. The van der Waals surface area contributed by atoms with Crippen molar-refractivity contribution in [1.29, 1.82) is 0 Å². The van der Waals surface area contributed by atoms with E-state index in [4.69, 9.17) is 0 Å². The Morgan fingerprint density at radius 2 is 2.12 bits per heavy atom. The molecule has 0 amide bonds. The summed E-state index contributed by atoms with van der Waals surface area (Å²) >= 11 is 3.47. The van der Waals surface area contributed by atoms with Gasteiger partial charge in [0.15, 0.2) is 5.13 Å². The van der Waals surface area contributed by atoms with Crippen LogP contribution in [-0.4, -0.2) is 11.0 Å². The van der Waals surface area contributed by atoms with Crippen molar-refractivity contribution >= 4 is 27.8 Å². The predicted molar refractivity (Wildman–Crippen MR) is 71.3 cm³/mol. The Balaban J connectivity index is 1.72. The number of hydrogen-bond donors (Lipinski definition) is 1. The van der Waals surface area contributed by atoms with E-state index in [0.29, 0.717) is 6.04 Å². The smallest absolute Gasteiger partial charge is 0.183 e. The zero-order valence-corrected chi connectivity index (χ0v) is 10.6. The summed E-state index contributed by atoms with van der Waals surface area (Å²) in [4.78, 5) is 5.89. The highest BCUT2D eigenvalue weighted by Crippen LogP contribution is 2.30. The maximum atomic E-state index is 4.63. The molecule has 0 atom stereocenters. The second kappa shape index (κ2) is 4.55. The third kappa shape index (κ3) is 2.13. The van der Waals surface area contributed by atoms with E-state index < -0.39 is 0 Å². The van der Waals surface area contributed by atoms with Crippen molar-refractivity contribution < 1.29 is 0 Å². The molecule has 2 aromatic rings. The highest BCUT2D eigenvalue weighted by atomic mass is 32.1. The average molecular weight is 250 g/mol. The molecule has 1 aliphatic carbocycles. The molecule has 0 radical (unpaired) electrons. The Hall–Kier alpha value is -0.870. The Labute approximate surface area is 103 Å². The molecule has 0 aliphatic heterocycles. The SMILES string of the molecule is c1csc(-c2csc(NC3CCCC3)n2)c1. The van der Waals surface area contributed by atoms with E-state index in [9.17, 15) is 0 Å². The number of thiophene rings is 1. The van der Waals surface area contributed by atoms with Crippen molar-refractivity contribution in [2.24, 2.45) is 0 Å². The molecule has 0 aromatic carbocycles. The number of rotatable bonds is 3. The van der Waals surface area contributed by atoms with Gasteiger partial charge >= 0.3 is 0 Å². The first-order valence-corrected chi connectivity index (χ1v) is 7.44. The van der Waals surface area contributed by atoms with E-state index >= 15 is 0 Å². The zero-order chi connectivity index (χ0) is 10.8. The summed E-state index contributed by atoms with van der Waals surface area (Å²) in [5, 5.41) is 8.85. The lowest BCUT2D eigenvalue weighted by Gasteiger charge is -2.09. The first kappa shape index (κ1) is 10.3. The van der Waals surface area contributed by atoms with Crippen molar-refractivity contribution in [3.8, 4) is 10.6 Å². The number of anilines is 1. The van der Waals surface area contributed by atoms with E-state index in [0.717, 1.165) is 10.8 Å². The van der Waals surface area contributed by atoms with Gasteiger partial charge in [0.25, 0.3) is 0 Å². The summed E-state index contributed by atoms with van der Waals surface area (Å²) in [7, 11) is 0. The standard InChI is InChI=1S/C12H14N2S2/c1-2-5-9(4-1)13-12-14-10(8-16-12)11-6-3-7-15-11/h3,6-9H,1-2,4-5H2,(H,13,14). The largest absolute Gasteiger partial charge is 0.359 e. The lowest BCUT2D eigenvalue weighted by Crippen LogP contribution is -2.13. The molecule has 2 heterocycles. The van der Waals surface area contributed by atoms with Gasteiger partial charge in [-0.2, -0.15) is 0 Å². The molecule has 3 rings (SSSR count). The second-order valence-electron chi connectivity index (χ2n) is 4.14. The molecule has 4 heteroatoms. The molecule has 1 fully saturated rings. The monoisotopic (exact) mass is 250 g/mol. The summed E-state index contributed by atoms with van der Waals surface area (Å²) in [5.41, 5.74) is 1.11. The minimum absolute atomic E-state index is 0.655. The van der Waals surface area contributed by atoms with Crippen LogP contribution in [0.1, 0.15) is 25.7 Å². The number of thiazole rings is 1. The quantitative estimate of drug-likeness (QED) is 0.882. The van der Waals surface area contributed by atoms with Crippen molar-refractivity contribution in [2.45, 2.75) is 31.7 Å². The van der Waals surface area contributed by atoms with Crippen LogP contribution in [0, 0.1) is 0 Å². The molecule has 1 aliphatic rings. The third-order valence-electron chi connectivity index (χ3n) is 2.96. The molecule has 0 bridgehead atoms. The van der Waals surface area contributed by atoms with E-state index in [1.54, 1.807) is 22.7 Å². The third-order valence-corrected chi connectivity index (χ3v) is 4.63. The Morgan fingerprint density at radius 1 is 1.25 bits per heavy atom. The summed E-state index contributed by atoms with van der Waals surface area (Å²) in [6.07, 6.45) is 5.32.